The Labute approximate surface area is 170 Å². The second-order valence-electron chi connectivity index (χ2n) is 7.67. The highest BCUT2D eigenvalue weighted by atomic mass is 16.5. The van der Waals surface area contributed by atoms with E-state index in [-0.39, 0.29) is 6.10 Å². The predicted molar refractivity (Wildman–Crippen MR) is 116 cm³/mol. The summed E-state index contributed by atoms with van der Waals surface area (Å²) in [7, 11) is 0. The van der Waals surface area contributed by atoms with Gasteiger partial charge in [0, 0.05) is 45.8 Å². The van der Waals surface area contributed by atoms with Crippen LogP contribution in [0.25, 0.3) is 0 Å². The van der Waals surface area contributed by atoms with Gasteiger partial charge >= 0.3 is 0 Å². The largest absolute Gasteiger partial charge is 0.370 e. The Morgan fingerprint density at radius 1 is 1.11 bits per heavy atom. The number of rotatable bonds is 6. The fraction of sp³-hybridized carbons (Fsp3) is 0.682. The number of likely N-dealkylation sites (N-methyl/N-ethyl adjacent to an activating group) is 1. The van der Waals surface area contributed by atoms with Crippen LogP contribution in [0.2, 0.25) is 0 Å². The third kappa shape index (κ3) is 5.69. The van der Waals surface area contributed by atoms with Crippen LogP contribution < -0.4 is 5.32 Å². The van der Waals surface area contributed by atoms with Crippen molar-refractivity contribution in [2.24, 2.45) is 4.99 Å². The van der Waals surface area contributed by atoms with Crippen LogP contribution in [0.5, 0.6) is 0 Å². The lowest BCUT2D eigenvalue weighted by atomic mass is 10.0. The van der Waals surface area contributed by atoms with Crippen LogP contribution in [0, 0.1) is 6.92 Å². The third-order valence-electron chi connectivity index (χ3n) is 5.83. The number of nitrogens with zero attached hydrogens (tertiary/aromatic N) is 4. The number of morpholine rings is 1. The minimum absolute atomic E-state index is 0.112. The van der Waals surface area contributed by atoms with Crippen molar-refractivity contribution < 1.29 is 4.74 Å². The first-order chi connectivity index (χ1) is 13.7. The Morgan fingerprint density at radius 2 is 1.86 bits per heavy atom. The highest BCUT2D eigenvalue weighted by molar-refractivity contribution is 5.80. The van der Waals surface area contributed by atoms with E-state index in [1.807, 2.05) is 0 Å². The van der Waals surface area contributed by atoms with Crippen LogP contribution >= 0.6 is 0 Å². The van der Waals surface area contributed by atoms with E-state index >= 15 is 0 Å². The molecule has 2 aliphatic rings. The van der Waals surface area contributed by atoms with Gasteiger partial charge in [-0.2, -0.15) is 0 Å². The summed E-state index contributed by atoms with van der Waals surface area (Å²) in [5.74, 6) is 1.02. The zero-order valence-corrected chi connectivity index (χ0v) is 17.9. The zero-order chi connectivity index (χ0) is 19.8. The molecule has 0 amide bonds. The molecule has 2 heterocycles. The van der Waals surface area contributed by atoms with Crippen LogP contribution in [-0.4, -0.2) is 92.7 Å². The predicted octanol–water partition coefficient (Wildman–Crippen LogP) is 1.97. The molecule has 1 N–H and O–H groups in total. The van der Waals surface area contributed by atoms with E-state index < -0.39 is 0 Å². The first-order valence-corrected chi connectivity index (χ1v) is 10.9. The number of ether oxygens (including phenoxy) is 1. The highest BCUT2D eigenvalue weighted by Crippen LogP contribution is 2.24. The van der Waals surface area contributed by atoms with Crippen molar-refractivity contribution >= 4 is 5.96 Å². The van der Waals surface area contributed by atoms with Gasteiger partial charge in [-0.25, -0.2) is 0 Å². The molecule has 0 aromatic heterocycles. The monoisotopic (exact) mass is 387 g/mol. The van der Waals surface area contributed by atoms with E-state index in [0.29, 0.717) is 0 Å². The number of guanidine groups is 1. The molecule has 1 aromatic rings. The van der Waals surface area contributed by atoms with E-state index in [9.17, 15) is 0 Å². The molecule has 0 aliphatic carbocycles. The molecule has 0 bridgehead atoms. The van der Waals surface area contributed by atoms with Gasteiger partial charge in [-0.05, 0) is 31.5 Å². The fourth-order valence-corrected chi connectivity index (χ4v) is 4.03. The molecular weight excluding hydrogens is 350 g/mol. The molecule has 2 fully saturated rings. The minimum Gasteiger partial charge on any atom is -0.370 e. The summed E-state index contributed by atoms with van der Waals surface area (Å²) in [6, 6.07) is 8.53. The van der Waals surface area contributed by atoms with Crippen molar-refractivity contribution in [2.75, 3.05) is 72.1 Å². The number of piperazine rings is 1. The van der Waals surface area contributed by atoms with Crippen LogP contribution in [0.1, 0.15) is 31.1 Å². The number of hydrogen-bond donors (Lipinski definition) is 1. The lowest BCUT2D eigenvalue weighted by molar-refractivity contribution is -0.00834. The Hall–Kier alpha value is -1.63. The fourth-order valence-electron chi connectivity index (χ4n) is 4.03. The zero-order valence-electron chi connectivity index (χ0n) is 17.9. The average Bonchev–Trinajstić information content (AvgIpc) is 2.74. The molecule has 3 rings (SSSR count). The van der Waals surface area contributed by atoms with Gasteiger partial charge in [0.25, 0.3) is 0 Å². The standard InChI is InChI=1S/C22H37N5O/c1-4-23-22(24-10-11-26-14-12-25(5-2)13-15-26)27-16-17-28-21(18-27)20-9-7-6-8-19(20)3/h6-9,21H,4-5,10-18H2,1-3H3,(H,23,24). The maximum Gasteiger partial charge on any atom is 0.194 e. The topological polar surface area (TPSA) is 43.3 Å². The number of aryl methyl sites for hydroxylation is 1. The summed E-state index contributed by atoms with van der Waals surface area (Å²) in [4.78, 5) is 12.4. The van der Waals surface area contributed by atoms with Gasteiger partial charge in [0.15, 0.2) is 5.96 Å². The Bertz CT molecular complexity index is 627. The van der Waals surface area contributed by atoms with Crippen molar-refractivity contribution in [3.8, 4) is 0 Å². The summed E-state index contributed by atoms with van der Waals surface area (Å²) in [5, 5.41) is 3.49. The van der Waals surface area contributed by atoms with Gasteiger partial charge in [0.2, 0.25) is 0 Å². The SMILES string of the molecule is CCNC(=NCCN1CCN(CC)CC1)N1CCOC(c2ccccc2C)C1. The molecule has 0 radical (unpaired) electrons. The van der Waals surface area contributed by atoms with E-state index in [1.54, 1.807) is 0 Å². The van der Waals surface area contributed by atoms with Gasteiger partial charge in [-0.3, -0.25) is 9.89 Å². The van der Waals surface area contributed by atoms with Crippen LogP contribution in [-0.2, 0) is 4.74 Å². The average molecular weight is 388 g/mol. The Kier molecular flexibility index (Phi) is 8.13. The molecule has 6 nitrogen and oxygen atoms in total. The van der Waals surface area contributed by atoms with Gasteiger partial charge in [0.05, 0.1) is 19.7 Å². The number of benzene rings is 1. The second-order valence-corrected chi connectivity index (χ2v) is 7.67. The lowest BCUT2D eigenvalue weighted by Crippen LogP contribution is -2.49. The van der Waals surface area contributed by atoms with Crippen LogP contribution in [0.15, 0.2) is 29.3 Å². The van der Waals surface area contributed by atoms with E-state index in [2.05, 4.69) is 65.1 Å². The number of nitrogens with one attached hydrogen (secondary N) is 1. The van der Waals surface area contributed by atoms with Crippen molar-refractivity contribution in [3.05, 3.63) is 35.4 Å². The van der Waals surface area contributed by atoms with Gasteiger partial charge in [-0.15, -0.1) is 0 Å². The maximum atomic E-state index is 6.09. The van der Waals surface area contributed by atoms with E-state index in [1.165, 1.54) is 24.2 Å². The third-order valence-corrected chi connectivity index (χ3v) is 5.83. The molecule has 1 unspecified atom stereocenters. The van der Waals surface area contributed by atoms with Crippen molar-refractivity contribution in [3.63, 3.8) is 0 Å². The minimum atomic E-state index is 0.112. The second kappa shape index (κ2) is 10.8. The van der Waals surface area contributed by atoms with Crippen LogP contribution in [0.3, 0.4) is 0 Å². The smallest absolute Gasteiger partial charge is 0.194 e. The molecule has 28 heavy (non-hydrogen) atoms. The Morgan fingerprint density at radius 3 is 2.57 bits per heavy atom. The number of hydrogen-bond acceptors (Lipinski definition) is 4. The molecule has 156 valence electrons. The quantitative estimate of drug-likeness (QED) is 0.597. The Balaban J connectivity index is 1.56. The summed E-state index contributed by atoms with van der Waals surface area (Å²) < 4.78 is 6.09. The molecule has 2 saturated heterocycles. The summed E-state index contributed by atoms with van der Waals surface area (Å²) in [6.45, 7) is 17.7. The van der Waals surface area contributed by atoms with Crippen LogP contribution in [0.4, 0.5) is 0 Å². The van der Waals surface area contributed by atoms with Crippen molar-refractivity contribution in [1.82, 2.24) is 20.0 Å². The van der Waals surface area contributed by atoms with Gasteiger partial charge < -0.3 is 19.9 Å². The summed E-state index contributed by atoms with van der Waals surface area (Å²) >= 11 is 0. The normalized spacial score (nSPS) is 22.5. The maximum absolute atomic E-state index is 6.09. The number of aliphatic imine (C=N–C) groups is 1. The van der Waals surface area contributed by atoms with Gasteiger partial charge in [-0.1, -0.05) is 31.2 Å². The molecule has 1 aromatic carbocycles. The molecule has 2 aliphatic heterocycles. The molecular formula is C22H37N5O. The van der Waals surface area contributed by atoms with E-state index in [0.717, 1.165) is 64.9 Å². The molecule has 1 atom stereocenters. The van der Waals surface area contributed by atoms with Crippen molar-refractivity contribution in [2.45, 2.75) is 26.9 Å². The molecule has 0 saturated carbocycles. The highest BCUT2D eigenvalue weighted by Gasteiger charge is 2.25. The lowest BCUT2D eigenvalue weighted by Gasteiger charge is -2.36. The molecule has 6 heteroatoms. The van der Waals surface area contributed by atoms with Crippen molar-refractivity contribution in [1.29, 1.82) is 0 Å². The van der Waals surface area contributed by atoms with Gasteiger partial charge in [0.1, 0.15) is 6.10 Å². The first-order valence-electron chi connectivity index (χ1n) is 10.9. The summed E-state index contributed by atoms with van der Waals surface area (Å²) in [6.07, 6.45) is 0.112. The molecule has 0 spiro atoms. The first kappa shape index (κ1) is 21.1. The van der Waals surface area contributed by atoms with E-state index in [4.69, 9.17) is 9.73 Å². The summed E-state index contributed by atoms with van der Waals surface area (Å²) in [5.41, 5.74) is 2.58.